The monoisotopic (exact) mass is 250 g/mol. The standard InChI is InChI=1S/C14H22N2O2/c1-10-5-11(2)7-12(6-10)16(3)14(17)8-13(9-15)18-4/h5-7,13H,8-9,15H2,1-4H3. The molecular formula is C14H22N2O2. The van der Waals surface area contributed by atoms with E-state index in [2.05, 4.69) is 6.07 Å². The molecule has 4 heteroatoms. The van der Waals surface area contributed by atoms with Crippen LogP contribution in [0.25, 0.3) is 0 Å². The average Bonchev–Trinajstić information content (AvgIpc) is 2.33. The summed E-state index contributed by atoms with van der Waals surface area (Å²) in [6, 6.07) is 6.07. The molecule has 0 spiro atoms. The number of ether oxygens (including phenoxy) is 1. The van der Waals surface area contributed by atoms with Gasteiger partial charge >= 0.3 is 0 Å². The lowest BCUT2D eigenvalue weighted by atomic mass is 10.1. The maximum Gasteiger partial charge on any atom is 0.229 e. The van der Waals surface area contributed by atoms with E-state index >= 15 is 0 Å². The zero-order valence-electron chi connectivity index (χ0n) is 11.6. The lowest BCUT2D eigenvalue weighted by Gasteiger charge is -2.21. The predicted molar refractivity (Wildman–Crippen MR) is 73.8 cm³/mol. The Morgan fingerprint density at radius 2 is 1.89 bits per heavy atom. The van der Waals surface area contributed by atoms with Crippen LogP contribution in [0.4, 0.5) is 5.69 Å². The molecule has 2 N–H and O–H groups in total. The predicted octanol–water partition coefficient (Wildman–Crippen LogP) is 1.63. The van der Waals surface area contributed by atoms with Crippen molar-refractivity contribution in [3.63, 3.8) is 0 Å². The number of hydrogen-bond donors (Lipinski definition) is 1. The molecule has 4 nitrogen and oxygen atoms in total. The third-order valence-corrected chi connectivity index (χ3v) is 2.97. The molecule has 0 aliphatic heterocycles. The van der Waals surface area contributed by atoms with Crippen LogP contribution in [-0.2, 0) is 9.53 Å². The van der Waals surface area contributed by atoms with Gasteiger partial charge in [-0.15, -0.1) is 0 Å². The molecular weight excluding hydrogens is 228 g/mol. The first kappa shape index (κ1) is 14.7. The number of hydrogen-bond acceptors (Lipinski definition) is 3. The van der Waals surface area contributed by atoms with E-state index in [0.29, 0.717) is 13.0 Å². The van der Waals surface area contributed by atoms with Gasteiger partial charge in [-0.2, -0.15) is 0 Å². The SMILES string of the molecule is COC(CN)CC(=O)N(C)c1cc(C)cc(C)c1. The summed E-state index contributed by atoms with van der Waals surface area (Å²) < 4.78 is 5.13. The molecule has 1 aromatic rings. The van der Waals surface area contributed by atoms with Gasteiger partial charge in [-0.05, 0) is 37.1 Å². The highest BCUT2D eigenvalue weighted by atomic mass is 16.5. The largest absolute Gasteiger partial charge is 0.380 e. The van der Waals surface area contributed by atoms with Gasteiger partial charge < -0.3 is 15.4 Å². The Hall–Kier alpha value is -1.39. The molecule has 0 heterocycles. The van der Waals surface area contributed by atoms with Gasteiger partial charge in [-0.1, -0.05) is 6.07 Å². The van der Waals surface area contributed by atoms with Crippen molar-refractivity contribution < 1.29 is 9.53 Å². The molecule has 0 aliphatic carbocycles. The van der Waals surface area contributed by atoms with Crippen LogP contribution in [-0.4, -0.2) is 32.7 Å². The van der Waals surface area contributed by atoms with Gasteiger partial charge in [-0.3, -0.25) is 4.79 Å². The minimum absolute atomic E-state index is 0.0114. The van der Waals surface area contributed by atoms with Crippen molar-refractivity contribution in [1.82, 2.24) is 0 Å². The number of benzene rings is 1. The average molecular weight is 250 g/mol. The second-order valence-electron chi connectivity index (χ2n) is 4.60. The van der Waals surface area contributed by atoms with Gasteiger partial charge in [0.15, 0.2) is 0 Å². The molecule has 1 rings (SSSR count). The molecule has 100 valence electrons. The lowest BCUT2D eigenvalue weighted by Crippen LogP contribution is -2.33. The van der Waals surface area contributed by atoms with Crippen molar-refractivity contribution in [2.75, 3.05) is 25.6 Å². The molecule has 0 saturated heterocycles. The minimum Gasteiger partial charge on any atom is -0.380 e. The van der Waals surface area contributed by atoms with Crippen LogP contribution < -0.4 is 10.6 Å². The van der Waals surface area contributed by atoms with Crippen molar-refractivity contribution >= 4 is 11.6 Å². The van der Waals surface area contributed by atoms with Crippen LogP contribution in [0.15, 0.2) is 18.2 Å². The van der Waals surface area contributed by atoms with Crippen LogP contribution in [0, 0.1) is 13.8 Å². The molecule has 0 radical (unpaired) electrons. The summed E-state index contributed by atoms with van der Waals surface area (Å²) in [5.41, 5.74) is 8.72. The molecule has 0 aliphatic rings. The van der Waals surface area contributed by atoms with Crippen LogP contribution >= 0.6 is 0 Å². The summed E-state index contributed by atoms with van der Waals surface area (Å²) in [7, 11) is 3.35. The molecule has 0 bridgehead atoms. The summed E-state index contributed by atoms with van der Waals surface area (Å²) >= 11 is 0. The number of nitrogens with zero attached hydrogens (tertiary/aromatic N) is 1. The number of rotatable bonds is 5. The highest BCUT2D eigenvalue weighted by molar-refractivity contribution is 5.93. The molecule has 1 atom stereocenters. The maximum absolute atomic E-state index is 12.1. The quantitative estimate of drug-likeness (QED) is 0.864. The van der Waals surface area contributed by atoms with Crippen molar-refractivity contribution in [2.45, 2.75) is 26.4 Å². The Morgan fingerprint density at radius 3 is 2.33 bits per heavy atom. The third-order valence-electron chi connectivity index (χ3n) is 2.97. The van der Waals surface area contributed by atoms with E-state index < -0.39 is 0 Å². The summed E-state index contributed by atoms with van der Waals surface area (Å²) in [5, 5.41) is 0. The topological polar surface area (TPSA) is 55.6 Å². The van der Waals surface area contributed by atoms with E-state index in [-0.39, 0.29) is 12.0 Å². The Balaban J connectivity index is 2.79. The Labute approximate surface area is 109 Å². The number of carbonyl (C=O) groups excluding carboxylic acids is 1. The van der Waals surface area contributed by atoms with Gasteiger partial charge in [0.1, 0.15) is 0 Å². The highest BCUT2D eigenvalue weighted by Gasteiger charge is 2.16. The number of amides is 1. The number of nitrogens with two attached hydrogens (primary N) is 1. The summed E-state index contributed by atoms with van der Waals surface area (Å²) in [6.07, 6.45) is 0.0853. The number of carbonyl (C=O) groups is 1. The van der Waals surface area contributed by atoms with Crippen LogP contribution in [0.5, 0.6) is 0 Å². The van der Waals surface area contributed by atoms with E-state index in [9.17, 15) is 4.79 Å². The Bertz CT molecular complexity index is 394. The first-order valence-electron chi connectivity index (χ1n) is 6.05. The second-order valence-corrected chi connectivity index (χ2v) is 4.60. The van der Waals surface area contributed by atoms with Crippen molar-refractivity contribution in [3.05, 3.63) is 29.3 Å². The van der Waals surface area contributed by atoms with Crippen molar-refractivity contribution in [3.8, 4) is 0 Å². The minimum atomic E-state index is -0.217. The number of aryl methyl sites for hydroxylation is 2. The number of anilines is 1. The van der Waals surface area contributed by atoms with Gasteiger partial charge in [0.25, 0.3) is 0 Å². The van der Waals surface area contributed by atoms with E-state index in [1.165, 1.54) is 0 Å². The Kier molecular flexibility index (Phi) is 5.31. The lowest BCUT2D eigenvalue weighted by molar-refractivity contribution is -0.120. The van der Waals surface area contributed by atoms with Crippen LogP contribution in [0.2, 0.25) is 0 Å². The molecule has 18 heavy (non-hydrogen) atoms. The first-order chi connectivity index (χ1) is 8.47. The zero-order valence-corrected chi connectivity index (χ0v) is 11.6. The van der Waals surface area contributed by atoms with E-state index in [0.717, 1.165) is 16.8 Å². The van der Waals surface area contributed by atoms with Gasteiger partial charge in [-0.25, -0.2) is 0 Å². The van der Waals surface area contributed by atoms with E-state index in [4.69, 9.17) is 10.5 Å². The smallest absolute Gasteiger partial charge is 0.229 e. The fourth-order valence-corrected chi connectivity index (χ4v) is 1.88. The molecule has 1 aromatic carbocycles. The summed E-state index contributed by atoms with van der Waals surface area (Å²) in [5.74, 6) is 0.0114. The molecule has 1 unspecified atom stereocenters. The van der Waals surface area contributed by atoms with Crippen molar-refractivity contribution in [2.24, 2.45) is 5.73 Å². The highest BCUT2D eigenvalue weighted by Crippen LogP contribution is 2.18. The number of methoxy groups -OCH3 is 1. The van der Waals surface area contributed by atoms with Gasteiger partial charge in [0.05, 0.1) is 12.5 Å². The van der Waals surface area contributed by atoms with Gasteiger partial charge in [0, 0.05) is 26.4 Å². The maximum atomic E-state index is 12.1. The first-order valence-corrected chi connectivity index (χ1v) is 6.05. The normalized spacial score (nSPS) is 12.3. The van der Waals surface area contributed by atoms with Crippen LogP contribution in [0.3, 0.4) is 0 Å². The summed E-state index contributed by atoms with van der Waals surface area (Å²) in [4.78, 5) is 13.7. The van der Waals surface area contributed by atoms with E-state index in [1.54, 1.807) is 19.1 Å². The van der Waals surface area contributed by atoms with E-state index in [1.807, 2.05) is 26.0 Å². The molecule has 1 amide bonds. The van der Waals surface area contributed by atoms with Crippen LogP contribution in [0.1, 0.15) is 17.5 Å². The molecule has 0 fully saturated rings. The molecule has 0 aromatic heterocycles. The van der Waals surface area contributed by atoms with Gasteiger partial charge in [0.2, 0.25) is 5.91 Å². The molecule has 0 saturated carbocycles. The van der Waals surface area contributed by atoms with Crippen molar-refractivity contribution in [1.29, 1.82) is 0 Å². The summed E-state index contributed by atoms with van der Waals surface area (Å²) in [6.45, 7) is 4.39. The second kappa shape index (κ2) is 6.52. The Morgan fingerprint density at radius 1 is 1.33 bits per heavy atom. The fraction of sp³-hybridized carbons (Fsp3) is 0.500. The zero-order chi connectivity index (χ0) is 13.7. The fourth-order valence-electron chi connectivity index (χ4n) is 1.88. The third kappa shape index (κ3) is 3.82.